The van der Waals surface area contributed by atoms with Crippen LogP contribution >= 0.6 is 0 Å². The van der Waals surface area contributed by atoms with E-state index in [2.05, 4.69) is 10.3 Å². The Morgan fingerprint density at radius 3 is 2.56 bits per heavy atom. The van der Waals surface area contributed by atoms with Gasteiger partial charge in [-0.2, -0.15) is 0 Å². The van der Waals surface area contributed by atoms with Gasteiger partial charge in [-0.3, -0.25) is 0 Å². The number of aliphatic hydroxyl groups is 1. The van der Waals surface area contributed by atoms with Gasteiger partial charge in [0.2, 0.25) is 5.89 Å². The van der Waals surface area contributed by atoms with Crippen LogP contribution in [0.5, 0.6) is 0 Å². The van der Waals surface area contributed by atoms with Crippen LogP contribution in [0.25, 0.3) is 0 Å². The SMILES string of the molecule is Cc1nc(CNCC(O)COC(C)(C)C)oc1C. The standard InChI is InChI=1S/C13H24N2O3/c1-9-10(2)18-12(15-9)7-14-6-11(16)8-17-13(3,4)5/h11,14,16H,6-8H2,1-5H3. The summed E-state index contributed by atoms with van der Waals surface area (Å²) < 4.78 is 10.9. The summed E-state index contributed by atoms with van der Waals surface area (Å²) >= 11 is 0. The molecule has 0 saturated heterocycles. The van der Waals surface area contributed by atoms with E-state index < -0.39 is 6.10 Å². The Bertz CT molecular complexity index is 349. The molecule has 0 saturated carbocycles. The third-order valence-electron chi connectivity index (χ3n) is 2.44. The molecule has 2 N–H and O–H groups in total. The monoisotopic (exact) mass is 256 g/mol. The molecular weight excluding hydrogens is 232 g/mol. The topological polar surface area (TPSA) is 67.5 Å². The van der Waals surface area contributed by atoms with Gasteiger partial charge in [0.25, 0.3) is 0 Å². The molecule has 0 aliphatic rings. The van der Waals surface area contributed by atoms with Crippen molar-refractivity contribution in [1.29, 1.82) is 0 Å². The summed E-state index contributed by atoms with van der Waals surface area (Å²) in [5.74, 6) is 1.48. The van der Waals surface area contributed by atoms with E-state index in [4.69, 9.17) is 9.15 Å². The second kappa shape index (κ2) is 6.31. The fourth-order valence-corrected chi connectivity index (χ4v) is 1.37. The minimum absolute atomic E-state index is 0.224. The van der Waals surface area contributed by atoms with E-state index in [1.165, 1.54) is 0 Å². The lowest BCUT2D eigenvalue weighted by Crippen LogP contribution is -2.33. The average molecular weight is 256 g/mol. The van der Waals surface area contributed by atoms with Crippen LogP contribution in [0.3, 0.4) is 0 Å². The van der Waals surface area contributed by atoms with Gasteiger partial charge in [0.15, 0.2) is 0 Å². The Hall–Kier alpha value is -0.910. The smallest absolute Gasteiger partial charge is 0.208 e. The van der Waals surface area contributed by atoms with Crippen molar-refractivity contribution in [3.63, 3.8) is 0 Å². The van der Waals surface area contributed by atoms with Gasteiger partial charge in [0.1, 0.15) is 5.76 Å². The summed E-state index contributed by atoms with van der Waals surface area (Å²) in [6.45, 7) is 11.0. The molecule has 0 amide bonds. The van der Waals surface area contributed by atoms with E-state index in [0.29, 0.717) is 25.6 Å². The van der Waals surface area contributed by atoms with E-state index in [0.717, 1.165) is 11.5 Å². The van der Waals surface area contributed by atoms with Crippen LogP contribution < -0.4 is 5.32 Å². The van der Waals surface area contributed by atoms with Crippen LogP contribution in [-0.2, 0) is 11.3 Å². The molecule has 0 aliphatic carbocycles. The first-order chi connectivity index (χ1) is 8.28. The van der Waals surface area contributed by atoms with E-state index >= 15 is 0 Å². The van der Waals surface area contributed by atoms with Crippen molar-refractivity contribution in [3.8, 4) is 0 Å². The van der Waals surface area contributed by atoms with Gasteiger partial charge in [-0.25, -0.2) is 4.98 Å². The van der Waals surface area contributed by atoms with Gasteiger partial charge in [-0.05, 0) is 34.6 Å². The van der Waals surface area contributed by atoms with Crippen LogP contribution in [0.4, 0.5) is 0 Å². The molecule has 1 heterocycles. The first-order valence-corrected chi connectivity index (χ1v) is 6.23. The fourth-order valence-electron chi connectivity index (χ4n) is 1.37. The molecule has 1 rings (SSSR count). The molecule has 1 atom stereocenters. The Kier molecular flexibility index (Phi) is 5.31. The van der Waals surface area contributed by atoms with Crippen LogP contribution in [0, 0.1) is 13.8 Å². The molecule has 0 spiro atoms. The molecule has 0 fully saturated rings. The van der Waals surface area contributed by atoms with Gasteiger partial charge in [0.05, 0.1) is 30.6 Å². The normalized spacial score (nSPS) is 13.9. The molecular formula is C13H24N2O3. The number of aromatic nitrogens is 1. The van der Waals surface area contributed by atoms with Gasteiger partial charge in [-0.15, -0.1) is 0 Å². The van der Waals surface area contributed by atoms with E-state index in [1.807, 2.05) is 34.6 Å². The lowest BCUT2D eigenvalue weighted by Gasteiger charge is -2.21. The number of nitrogens with zero attached hydrogens (tertiary/aromatic N) is 1. The van der Waals surface area contributed by atoms with Crippen molar-refractivity contribution >= 4 is 0 Å². The quantitative estimate of drug-likeness (QED) is 0.808. The fraction of sp³-hybridized carbons (Fsp3) is 0.769. The molecule has 0 radical (unpaired) electrons. The van der Waals surface area contributed by atoms with Crippen molar-refractivity contribution in [1.82, 2.24) is 10.3 Å². The number of hydrogen-bond donors (Lipinski definition) is 2. The molecule has 0 bridgehead atoms. The third kappa shape index (κ3) is 5.62. The van der Waals surface area contributed by atoms with Gasteiger partial charge < -0.3 is 19.6 Å². The molecule has 5 heteroatoms. The van der Waals surface area contributed by atoms with Crippen LogP contribution in [0.2, 0.25) is 0 Å². The molecule has 1 aromatic heterocycles. The summed E-state index contributed by atoms with van der Waals surface area (Å²) in [6, 6.07) is 0. The van der Waals surface area contributed by atoms with Gasteiger partial charge >= 0.3 is 0 Å². The van der Waals surface area contributed by atoms with E-state index in [9.17, 15) is 5.11 Å². The van der Waals surface area contributed by atoms with Crippen molar-refractivity contribution in [3.05, 3.63) is 17.3 Å². The average Bonchev–Trinajstić information content (AvgIpc) is 2.54. The molecule has 0 aromatic carbocycles. The molecule has 5 nitrogen and oxygen atoms in total. The van der Waals surface area contributed by atoms with Crippen LogP contribution in [-0.4, -0.2) is 34.9 Å². The highest BCUT2D eigenvalue weighted by atomic mass is 16.5. The van der Waals surface area contributed by atoms with Crippen molar-refractivity contribution in [2.24, 2.45) is 0 Å². The minimum Gasteiger partial charge on any atom is -0.444 e. The number of nitrogens with one attached hydrogen (secondary N) is 1. The van der Waals surface area contributed by atoms with Crippen molar-refractivity contribution < 1.29 is 14.3 Å². The highest BCUT2D eigenvalue weighted by Gasteiger charge is 2.13. The number of oxazole rings is 1. The summed E-state index contributed by atoms with van der Waals surface area (Å²) in [5.41, 5.74) is 0.682. The lowest BCUT2D eigenvalue weighted by atomic mass is 10.2. The van der Waals surface area contributed by atoms with Gasteiger partial charge in [-0.1, -0.05) is 0 Å². The number of aryl methyl sites for hydroxylation is 2. The van der Waals surface area contributed by atoms with E-state index in [1.54, 1.807) is 0 Å². The zero-order valence-electron chi connectivity index (χ0n) is 11.9. The largest absolute Gasteiger partial charge is 0.444 e. The number of hydrogen-bond acceptors (Lipinski definition) is 5. The molecule has 1 aromatic rings. The summed E-state index contributed by atoms with van der Waals surface area (Å²) in [4.78, 5) is 4.25. The Morgan fingerprint density at radius 2 is 2.06 bits per heavy atom. The second-order valence-corrected chi connectivity index (χ2v) is 5.46. The molecule has 0 aliphatic heterocycles. The molecule has 104 valence electrons. The highest BCUT2D eigenvalue weighted by Crippen LogP contribution is 2.08. The number of aliphatic hydroxyl groups excluding tert-OH is 1. The maximum atomic E-state index is 9.71. The maximum Gasteiger partial charge on any atom is 0.208 e. The summed E-state index contributed by atoms with van der Waals surface area (Å²) in [5, 5.41) is 12.8. The Balaban J connectivity index is 2.21. The van der Waals surface area contributed by atoms with Crippen molar-refractivity contribution in [2.45, 2.75) is 52.9 Å². The first kappa shape index (κ1) is 15.1. The Labute approximate surface area is 109 Å². The van der Waals surface area contributed by atoms with Crippen molar-refractivity contribution in [2.75, 3.05) is 13.2 Å². The lowest BCUT2D eigenvalue weighted by molar-refractivity contribution is -0.0480. The summed E-state index contributed by atoms with van der Waals surface area (Å²) in [6.07, 6.45) is -0.526. The number of ether oxygens (including phenoxy) is 1. The van der Waals surface area contributed by atoms with Crippen LogP contribution in [0.15, 0.2) is 4.42 Å². The van der Waals surface area contributed by atoms with E-state index in [-0.39, 0.29) is 5.60 Å². The predicted octanol–water partition coefficient (Wildman–Crippen LogP) is 1.56. The predicted molar refractivity (Wildman–Crippen MR) is 69.4 cm³/mol. The highest BCUT2D eigenvalue weighted by molar-refractivity contribution is 5.05. The summed E-state index contributed by atoms with van der Waals surface area (Å²) in [7, 11) is 0. The molecule has 1 unspecified atom stereocenters. The zero-order chi connectivity index (χ0) is 13.8. The Morgan fingerprint density at radius 1 is 1.39 bits per heavy atom. The first-order valence-electron chi connectivity index (χ1n) is 6.23. The van der Waals surface area contributed by atoms with Crippen LogP contribution in [0.1, 0.15) is 38.1 Å². The minimum atomic E-state index is -0.526. The number of rotatable bonds is 6. The third-order valence-corrected chi connectivity index (χ3v) is 2.44. The molecule has 18 heavy (non-hydrogen) atoms. The maximum absolute atomic E-state index is 9.71. The van der Waals surface area contributed by atoms with Gasteiger partial charge in [0, 0.05) is 6.54 Å². The zero-order valence-corrected chi connectivity index (χ0v) is 11.9. The second-order valence-electron chi connectivity index (χ2n) is 5.46.